The third-order valence-corrected chi connectivity index (χ3v) is 1.97. The van der Waals surface area contributed by atoms with Crippen LogP contribution in [0.1, 0.15) is 0 Å². The summed E-state index contributed by atoms with van der Waals surface area (Å²) in [5, 5.41) is 0.372. The van der Waals surface area contributed by atoms with Crippen molar-refractivity contribution >= 4 is 35.1 Å². The first-order valence-corrected chi connectivity index (χ1v) is 3.62. The molecule has 0 atom stereocenters. The van der Waals surface area contributed by atoms with Crippen LogP contribution in [0.15, 0.2) is 9.39 Å². The second-order valence-electron chi connectivity index (χ2n) is 1.54. The molecule has 0 N–H and O–H groups in total. The van der Waals surface area contributed by atoms with E-state index in [1.807, 2.05) is 0 Å². The number of rotatable bonds is 0. The van der Waals surface area contributed by atoms with Gasteiger partial charge in [-0.15, -0.1) is 4.40 Å². The first-order valence-electron chi connectivity index (χ1n) is 2.51. The van der Waals surface area contributed by atoms with Gasteiger partial charge in [0, 0.05) is 7.05 Å². The highest BCUT2D eigenvalue weighted by Gasteiger charge is 2.11. The number of ether oxygens (including phenoxy) is 1. The van der Waals surface area contributed by atoms with E-state index in [0.29, 0.717) is 11.3 Å². The summed E-state index contributed by atoms with van der Waals surface area (Å²) in [6, 6.07) is 0.299. The highest BCUT2D eigenvalue weighted by molar-refractivity contribution is 7.96. The van der Waals surface area contributed by atoms with Gasteiger partial charge in [-0.2, -0.15) is 4.99 Å². The lowest BCUT2D eigenvalue weighted by Crippen LogP contribution is -2.19. The first kappa shape index (κ1) is 7.68. The first-order chi connectivity index (χ1) is 4.74. The molecular formula is C4H6ClN3OS. The molecule has 4 nitrogen and oxygen atoms in total. The zero-order chi connectivity index (χ0) is 7.56. The maximum Gasteiger partial charge on any atom is 0.327 e. The van der Waals surface area contributed by atoms with Gasteiger partial charge >= 0.3 is 6.02 Å². The van der Waals surface area contributed by atoms with Crippen LogP contribution in [0.4, 0.5) is 0 Å². The third kappa shape index (κ3) is 1.54. The Kier molecular flexibility index (Phi) is 2.39. The summed E-state index contributed by atoms with van der Waals surface area (Å²) in [6.45, 7) is 0. The minimum Gasteiger partial charge on any atom is -0.466 e. The number of halogens is 1. The molecule has 0 unspecified atom stereocenters. The van der Waals surface area contributed by atoms with Gasteiger partial charge in [-0.1, -0.05) is 0 Å². The van der Waals surface area contributed by atoms with E-state index in [1.165, 1.54) is 19.2 Å². The summed E-state index contributed by atoms with van der Waals surface area (Å²) in [5.74, 6) is 0. The van der Waals surface area contributed by atoms with Crippen LogP contribution in [-0.4, -0.2) is 29.8 Å². The van der Waals surface area contributed by atoms with Gasteiger partial charge in [-0.25, -0.2) is 0 Å². The molecule has 0 aromatic rings. The Hall–Kier alpha value is -0.420. The highest BCUT2D eigenvalue weighted by atomic mass is 35.5. The Morgan fingerprint density at radius 3 is 2.90 bits per heavy atom. The van der Waals surface area contributed by atoms with E-state index < -0.39 is 0 Å². The lowest BCUT2D eigenvalue weighted by molar-refractivity contribution is 0.397. The molecule has 0 radical (unpaired) electrons. The molecule has 0 fully saturated rings. The van der Waals surface area contributed by atoms with E-state index in [0.717, 1.165) is 0 Å². The summed E-state index contributed by atoms with van der Waals surface area (Å²) >= 11 is 6.83. The maximum absolute atomic E-state index is 5.63. The van der Waals surface area contributed by atoms with Crippen LogP contribution in [0, 0.1) is 0 Å². The van der Waals surface area contributed by atoms with Crippen molar-refractivity contribution in [2.24, 2.45) is 9.39 Å². The largest absolute Gasteiger partial charge is 0.466 e. The Bertz CT molecular complexity index is 193. The monoisotopic (exact) mass is 179 g/mol. The van der Waals surface area contributed by atoms with Crippen molar-refractivity contribution in [2.75, 3.05) is 14.2 Å². The second-order valence-corrected chi connectivity index (χ2v) is 2.77. The van der Waals surface area contributed by atoms with Crippen LogP contribution in [0.3, 0.4) is 0 Å². The molecule has 10 heavy (non-hydrogen) atoms. The highest BCUT2D eigenvalue weighted by Crippen LogP contribution is 2.16. The van der Waals surface area contributed by atoms with E-state index in [4.69, 9.17) is 16.3 Å². The molecule has 0 bridgehead atoms. The fourth-order valence-electron chi connectivity index (χ4n) is 0.383. The maximum atomic E-state index is 5.63. The summed E-state index contributed by atoms with van der Waals surface area (Å²) in [5.41, 5.74) is 0. The van der Waals surface area contributed by atoms with Crippen molar-refractivity contribution in [1.29, 1.82) is 0 Å². The molecule has 0 aliphatic carbocycles. The lowest BCUT2D eigenvalue weighted by atomic mass is 11.0. The Morgan fingerprint density at radius 2 is 2.40 bits per heavy atom. The zero-order valence-corrected chi connectivity index (χ0v) is 7.11. The van der Waals surface area contributed by atoms with Gasteiger partial charge in [0.25, 0.3) is 0 Å². The number of hydrogen-bond acceptors (Lipinski definition) is 5. The van der Waals surface area contributed by atoms with Gasteiger partial charge in [0.1, 0.15) is 0 Å². The third-order valence-electron chi connectivity index (χ3n) is 0.872. The standard InChI is InChI=1S/C4H6ClN3OS/c1-8-3(5)6-4(9-2)7-10-8/h1-2H3. The summed E-state index contributed by atoms with van der Waals surface area (Å²) in [4.78, 5) is 3.80. The normalized spacial score (nSPS) is 18.1. The number of nitrogens with zero attached hydrogens (tertiary/aromatic N) is 3. The number of hydrogen-bond donors (Lipinski definition) is 0. The van der Waals surface area contributed by atoms with Gasteiger partial charge < -0.3 is 4.74 Å². The Balaban J connectivity index is 2.69. The SMILES string of the molecule is COC1=NSN(C)C(Cl)=N1. The molecule has 0 amide bonds. The lowest BCUT2D eigenvalue weighted by Gasteiger charge is -2.15. The summed E-state index contributed by atoms with van der Waals surface area (Å²) < 4.78 is 10.2. The fourth-order valence-corrected chi connectivity index (χ4v) is 0.963. The van der Waals surface area contributed by atoms with E-state index in [2.05, 4.69) is 9.39 Å². The van der Waals surface area contributed by atoms with Crippen LogP contribution in [-0.2, 0) is 4.74 Å². The predicted molar refractivity (Wildman–Crippen MR) is 43.1 cm³/mol. The van der Waals surface area contributed by atoms with E-state index in [1.54, 1.807) is 11.4 Å². The van der Waals surface area contributed by atoms with E-state index in [-0.39, 0.29) is 0 Å². The molecule has 1 rings (SSSR count). The predicted octanol–water partition coefficient (Wildman–Crippen LogP) is 1.09. The molecule has 0 spiro atoms. The minimum absolute atomic E-state index is 0.299. The number of amidine groups is 2. The second kappa shape index (κ2) is 3.12. The molecular weight excluding hydrogens is 174 g/mol. The summed E-state index contributed by atoms with van der Waals surface area (Å²) in [7, 11) is 3.27. The average molecular weight is 180 g/mol. The van der Waals surface area contributed by atoms with Crippen LogP contribution in [0.5, 0.6) is 0 Å². The quantitative estimate of drug-likeness (QED) is 0.413. The topological polar surface area (TPSA) is 37.2 Å². The fraction of sp³-hybridized carbons (Fsp3) is 0.500. The Labute approximate surface area is 68.2 Å². The zero-order valence-electron chi connectivity index (χ0n) is 5.54. The Morgan fingerprint density at radius 1 is 1.70 bits per heavy atom. The molecule has 0 aromatic heterocycles. The van der Waals surface area contributed by atoms with Crippen molar-refractivity contribution in [1.82, 2.24) is 4.31 Å². The average Bonchev–Trinajstić information content (AvgIpc) is 1.95. The molecule has 1 aliphatic rings. The van der Waals surface area contributed by atoms with Gasteiger partial charge in [0.15, 0.2) is 0 Å². The van der Waals surface area contributed by atoms with Crippen molar-refractivity contribution in [3.05, 3.63) is 0 Å². The number of methoxy groups -OCH3 is 1. The van der Waals surface area contributed by atoms with Crippen molar-refractivity contribution in [3.63, 3.8) is 0 Å². The van der Waals surface area contributed by atoms with Crippen LogP contribution in [0.25, 0.3) is 0 Å². The van der Waals surface area contributed by atoms with Gasteiger partial charge in [0.2, 0.25) is 5.29 Å². The molecule has 1 heterocycles. The number of aliphatic imine (C=N–C) groups is 1. The molecule has 6 heteroatoms. The van der Waals surface area contributed by atoms with Gasteiger partial charge in [0.05, 0.1) is 19.2 Å². The molecule has 1 aliphatic heterocycles. The van der Waals surface area contributed by atoms with Crippen LogP contribution < -0.4 is 0 Å². The minimum atomic E-state index is 0.299. The van der Waals surface area contributed by atoms with Crippen LogP contribution in [0.2, 0.25) is 0 Å². The van der Waals surface area contributed by atoms with Crippen LogP contribution >= 0.6 is 23.7 Å². The summed E-state index contributed by atoms with van der Waals surface area (Å²) in [6.07, 6.45) is 0. The smallest absolute Gasteiger partial charge is 0.327 e. The molecule has 0 aromatic carbocycles. The van der Waals surface area contributed by atoms with Gasteiger partial charge in [-0.3, -0.25) is 4.31 Å². The van der Waals surface area contributed by atoms with Gasteiger partial charge in [-0.05, 0) is 11.6 Å². The molecule has 0 saturated carbocycles. The van der Waals surface area contributed by atoms with Crippen molar-refractivity contribution in [2.45, 2.75) is 0 Å². The van der Waals surface area contributed by atoms with E-state index in [9.17, 15) is 0 Å². The van der Waals surface area contributed by atoms with E-state index >= 15 is 0 Å². The van der Waals surface area contributed by atoms with Crippen molar-refractivity contribution in [3.8, 4) is 0 Å². The molecule has 56 valence electrons. The molecule has 0 saturated heterocycles. The van der Waals surface area contributed by atoms with Crippen molar-refractivity contribution < 1.29 is 4.74 Å².